The van der Waals surface area contributed by atoms with Crippen molar-refractivity contribution in [3.05, 3.63) is 42.8 Å². The van der Waals surface area contributed by atoms with Crippen LogP contribution in [0.4, 0.5) is 0 Å². The normalized spacial score (nSPS) is 11.8. The molecule has 0 radical (unpaired) electrons. The highest BCUT2D eigenvalue weighted by molar-refractivity contribution is 7.07. The molecule has 1 aromatic heterocycles. The molecule has 106 valence electrons. The molecule has 1 heterocycles. The Kier molecular flexibility index (Phi) is 4.29. The number of phenolic OH excluding ortho intramolecular Hbond substituents is 1. The summed E-state index contributed by atoms with van der Waals surface area (Å²) < 4.78 is 6.39. The lowest BCUT2D eigenvalue weighted by atomic mass is 10.0. The zero-order valence-electron chi connectivity index (χ0n) is 11.5. The van der Waals surface area contributed by atoms with Crippen LogP contribution in [0.15, 0.2) is 16.9 Å². The summed E-state index contributed by atoms with van der Waals surface area (Å²) in [5.74, 6) is 0.592. The quantitative estimate of drug-likeness (QED) is 0.893. The summed E-state index contributed by atoms with van der Waals surface area (Å²) in [4.78, 5) is 14.3. The van der Waals surface area contributed by atoms with E-state index in [4.69, 9.17) is 4.74 Å². The lowest BCUT2D eigenvalue weighted by molar-refractivity contribution is 0.370. The van der Waals surface area contributed by atoms with Crippen molar-refractivity contribution in [2.45, 2.75) is 19.8 Å². The molecule has 0 saturated carbocycles. The van der Waals surface area contributed by atoms with Gasteiger partial charge < -0.3 is 14.8 Å². The van der Waals surface area contributed by atoms with Crippen molar-refractivity contribution in [1.29, 1.82) is 0 Å². The van der Waals surface area contributed by atoms with E-state index >= 15 is 0 Å². The third-order valence-corrected chi connectivity index (χ3v) is 3.79. The largest absolute Gasteiger partial charge is 0.504 e. The van der Waals surface area contributed by atoms with Crippen LogP contribution in [0.5, 0.6) is 11.5 Å². The molecule has 2 aromatic rings. The van der Waals surface area contributed by atoms with Crippen LogP contribution in [0.1, 0.15) is 24.5 Å². The van der Waals surface area contributed by atoms with Gasteiger partial charge in [-0.05, 0) is 35.8 Å². The van der Waals surface area contributed by atoms with Crippen LogP contribution in [0.3, 0.4) is 0 Å². The van der Waals surface area contributed by atoms with E-state index in [0.29, 0.717) is 14.9 Å². The molecule has 0 aliphatic rings. The van der Waals surface area contributed by atoms with Crippen LogP contribution in [0.2, 0.25) is 0 Å². The Labute approximate surface area is 120 Å². The third-order valence-electron chi connectivity index (χ3n) is 2.92. The maximum atomic E-state index is 11.7. The highest BCUT2D eigenvalue weighted by atomic mass is 32.1. The van der Waals surface area contributed by atoms with Gasteiger partial charge >= 0.3 is 0 Å². The lowest BCUT2D eigenvalue weighted by Gasteiger charge is -2.09. The predicted molar refractivity (Wildman–Crippen MR) is 81.9 cm³/mol. The van der Waals surface area contributed by atoms with Gasteiger partial charge in [0.25, 0.3) is 5.56 Å². The Morgan fingerprint density at radius 2 is 2.25 bits per heavy atom. The summed E-state index contributed by atoms with van der Waals surface area (Å²) in [7, 11) is 1.51. The molecule has 0 atom stereocenters. The lowest BCUT2D eigenvalue weighted by Crippen LogP contribution is -2.19. The van der Waals surface area contributed by atoms with Crippen molar-refractivity contribution in [1.82, 2.24) is 4.98 Å². The van der Waals surface area contributed by atoms with Crippen molar-refractivity contribution in [2.75, 3.05) is 7.11 Å². The van der Waals surface area contributed by atoms with E-state index in [2.05, 4.69) is 11.6 Å². The van der Waals surface area contributed by atoms with Gasteiger partial charge in [0, 0.05) is 0 Å². The Morgan fingerprint density at radius 3 is 2.80 bits per heavy atom. The molecule has 0 fully saturated rings. The first kappa shape index (κ1) is 14.4. The number of hydrogen-bond donors (Lipinski definition) is 2. The maximum absolute atomic E-state index is 11.7. The maximum Gasteiger partial charge on any atom is 0.266 e. The molecule has 2 rings (SSSR count). The first-order valence-corrected chi connectivity index (χ1v) is 7.16. The Bertz CT molecular complexity index is 773. The molecule has 20 heavy (non-hydrogen) atoms. The van der Waals surface area contributed by atoms with Gasteiger partial charge in [-0.15, -0.1) is 11.3 Å². The van der Waals surface area contributed by atoms with Crippen molar-refractivity contribution in [3.8, 4) is 11.5 Å². The summed E-state index contributed by atoms with van der Waals surface area (Å²) in [6.45, 7) is 5.76. The molecule has 4 nitrogen and oxygen atoms in total. The smallest absolute Gasteiger partial charge is 0.266 e. The summed E-state index contributed by atoms with van der Waals surface area (Å²) in [5.41, 5.74) is 1.50. The Balaban J connectivity index is 2.60. The molecule has 0 aliphatic heterocycles. The van der Waals surface area contributed by atoms with E-state index in [1.54, 1.807) is 12.1 Å². The van der Waals surface area contributed by atoms with E-state index in [1.807, 2.05) is 13.0 Å². The minimum Gasteiger partial charge on any atom is -0.504 e. The van der Waals surface area contributed by atoms with E-state index in [9.17, 15) is 9.90 Å². The summed E-state index contributed by atoms with van der Waals surface area (Å²) in [5, 5.41) is 10.1. The van der Waals surface area contributed by atoms with Crippen molar-refractivity contribution < 1.29 is 9.84 Å². The van der Waals surface area contributed by atoms with E-state index in [0.717, 1.165) is 24.0 Å². The van der Waals surface area contributed by atoms with Gasteiger partial charge in [0.15, 0.2) is 11.5 Å². The second-order valence-corrected chi connectivity index (χ2v) is 5.61. The van der Waals surface area contributed by atoms with E-state index in [-0.39, 0.29) is 11.3 Å². The highest BCUT2D eigenvalue weighted by Gasteiger charge is 2.09. The molecule has 0 aliphatic carbocycles. The molecule has 5 heteroatoms. The van der Waals surface area contributed by atoms with E-state index < -0.39 is 0 Å². The Hall–Kier alpha value is -2.01. The molecule has 0 spiro atoms. The molecular weight excluding hydrogens is 274 g/mol. The van der Waals surface area contributed by atoms with Crippen LogP contribution in [-0.2, 0) is 6.42 Å². The van der Waals surface area contributed by atoms with Crippen LogP contribution in [0, 0.1) is 0 Å². The zero-order valence-corrected chi connectivity index (χ0v) is 12.3. The molecule has 2 N–H and O–H groups in total. The average Bonchev–Trinajstić information content (AvgIpc) is 2.71. The standard InChI is InChI=1S/C15H17NO3S/c1-4-5-11-6-10(7-12(19-3)14(11)17)8-13-15(18)16-9(2)20-13/h6-8,17H,2,4-5H2,1,3H3,(H,16,18)/b13-8-. The van der Waals surface area contributed by atoms with E-state index in [1.165, 1.54) is 18.4 Å². The minimum absolute atomic E-state index is 0.149. The number of benzene rings is 1. The fraction of sp³-hybridized carbons (Fsp3) is 0.267. The number of methoxy groups -OCH3 is 1. The van der Waals surface area contributed by atoms with Crippen LogP contribution >= 0.6 is 11.3 Å². The molecule has 1 aromatic carbocycles. The van der Waals surface area contributed by atoms with Crippen molar-refractivity contribution in [3.63, 3.8) is 0 Å². The number of hydrogen-bond acceptors (Lipinski definition) is 4. The van der Waals surface area contributed by atoms with Crippen LogP contribution in [0.25, 0.3) is 12.7 Å². The molecule has 0 amide bonds. The van der Waals surface area contributed by atoms with Gasteiger partial charge in [-0.2, -0.15) is 0 Å². The fourth-order valence-electron chi connectivity index (χ4n) is 2.03. The summed E-state index contributed by atoms with van der Waals surface area (Å²) in [6, 6.07) is 3.60. The number of ether oxygens (including phenoxy) is 1. The number of nitrogens with one attached hydrogen (secondary N) is 1. The summed E-state index contributed by atoms with van der Waals surface area (Å²) in [6.07, 6.45) is 3.45. The average molecular weight is 291 g/mol. The van der Waals surface area contributed by atoms with Gasteiger partial charge in [0.05, 0.1) is 16.3 Å². The number of rotatable bonds is 4. The number of aromatic hydroxyl groups is 1. The zero-order chi connectivity index (χ0) is 14.7. The minimum atomic E-state index is -0.149. The molecular formula is C15H17NO3S. The van der Waals surface area contributed by atoms with Crippen LogP contribution < -0.4 is 19.5 Å². The number of aromatic nitrogens is 1. The number of aryl methyl sites for hydroxylation is 1. The topological polar surface area (TPSA) is 62.3 Å². The van der Waals surface area contributed by atoms with Crippen molar-refractivity contribution >= 4 is 24.0 Å². The van der Waals surface area contributed by atoms with Gasteiger partial charge in [-0.3, -0.25) is 4.79 Å². The number of aromatic amines is 1. The van der Waals surface area contributed by atoms with Crippen LogP contribution in [-0.4, -0.2) is 17.2 Å². The second-order valence-electron chi connectivity index (χ2n) is 4.47. The molecule has 0 unspecified atom stereocenters. The highest BCUT2D eigenvalue weighted by Crippen LogP contribution is 2.32. The van der Waals surface area contributed by atoms with Gasteiger partial charge in [-0.1, -0.05) is 19.9 Å². The first-order valence-electron chi connectivity index (χ1n) is 6.34. The first-order chi connectivity index (χ1) is 9.55. The van der Waals surface area contributed by atoms with Crippen molar-refractivity contribution in [2.24, 2.45) is 0 Å². The SMILES string of the molecule is C=c1[nH]c(=O)/c(=C/c2cc(CCC)c(O)c(OC)c2)s1. The van der Waals surface area contributed by atoms with Gasteiger partial charge in [-0.25, -0.2) is 0 Å². The third kappa shape index (κ3) is 2.93. The van der Waals surface area contributed by atoms with Gasteiger partial charge in [0.2, 0.25) is 0 Å². The number of H-pyrrole nitrogens is 1. The number of phenols is 1. The van der Waals surface area contributed by atoms with Gasteiger partial charge in [0.1, 0.15) is 0 Å². The molecule has 0 bridgehead atoms. The molecule has 0 saturated heterocycles. The predicted octanol–water partition coefficient (Wildman–Crippen LogP) is 1.34. The Morgan fingerprint density at radius 1 is 1.50 bits per heavy atom. The summed E-state index contributed by atoms with van der Waals surface area (Å²) >= 11 is 1.31. The monoisotopic (exact) mass is 291 g/mol. The second kappa shape index (κ2) is 5.96. The fourth-order valence-corrected chi connectivity index (χ4v) is 2.78. The number of thiazole rings is 1.